The van der Waals surface area contributed by atoms with E-state index < -0.39 is 0 Å². The molecular weight excluding hydrogens is 320 g/mol. The van der Waals surface area contributed by atoms with Gasteiger partial charge in [-0.15, -0.1) is 0 Å². The van der Waals surface area contributed by atoms with Crippen LogP contribution in [0, 0.1) is 11.3 Å². The van der Waals surface area contributed by atoms with Crippen molar-refractivity contribution in [3.05, 3.63) is 51.4 Å². The molecule has 0 aliphatic carbocycles. The molecule has 1 aromatic carbocycles. The summed E-state index contributed by atoms with van der Waals surface area (Å²) in [4.78, 5) is 16.0. The highest BCUT2D eigenvalue weighted by atomic mass is 16.5. The molecule has 0 atom stereocenters. The van der Waals surface area contributed by atoms with Gasteiger partial charge in [0, 0.05) is 11.1 Å². The first-order valence-electron chi connectivity index (χ1n) is 7.84. The standard InChI is InChI=1S/C18H18N4O3/c1-10(2)15-16(11-4-5-14(25-3)12(6-11)9-23)21-17-13(7-19)8-20-22(17)18(15)24/h4-6,8,10,21,23H,9H2,1-3H3. The lowest BCUT2D eigenvalue weighted by Crippen LogP contribution is -2.22. The number of nitrogens with zero attached hydrogens (tertiary/aromatic N) is 3. The van der Waals surface area contributed by atoms with E-state index in [1.807, 2.05) is 26.0 Å². The van der Waals surface area contributed by atoms with Crippen LogP contribution in [-0.2, 0) is 6.61 Å². The van der Waals surface area contributed by atoms with Gasteiger partial charge in [0.2, 0.25) is 0 Å². The number of hydrogen-bond donors (Lipinski definition) is 2. The minimum atomic E-state index is -0.262. The van der Waals surface area contributed by atoms with Gasteiger partial charge in [-0.05, 0) is 29.7 Å². The van der Waals surface area contributed by atoms with Gasteiger partial charge < -0.3 is 14.8 Å². The Morgan fingerprint density at radius 2 is 2.20 bits per heavy atom. The van der Waals surface area contributed by atoms with E-state index in [0.717, 1.165) is 5.56 Å². The second kappa shape index (κ2) is 6.42. The highest BCUT2D eigenvalue weighted by molar-refractivity contribution is 5.69. The van der Waals surface area contributed by atoms with Gasteiger partial charge in [-0.25, -0.2) is 0 Å². The van der Waals surface area contributed by atoms with Gasteiger partial charge in [0.1, 0.15) is 17.4 Å². The lowest BCUT2D eigenvalue weighted by molar-refractivity contribution is 0.274. The van der Waals surface area contributed by atoms with Crippen molar-refractivity contribution in [3.8, 4) is 23.1 Å². The molecule has 2 aromatic heterocycles. The van der Waals surface area contributed by atoms with E-state index in [1.165, 1.54) is 17.8 Å². The summed E-state index contributed by atoms with van der Waals surface area (Å²) < 4.78 is 6.45. The monoisotopic (exact) mass is 338 g/mol. The fraction of sp³-hybridized carbons (Fsp3) is 0.278. The van der Waals surface area contributed by atoms with Crippen LogP contribution in [0.2, 0.25) is 0 Å². The van der Waals surface area contributed by atoms with Gasteiger partial charge in [0.15, 0.2) is 5.65 Å². The van der Waals surface area contributed by atoms with E-state index >= 15 is 0 Å². The minimum absolute atomic E-state index is 0.0578. The minimum Gasteiger partial charge on any atom is -0.496 e. The molecule has 7 heteroatoms. The maximum atomic E-state index is 12.9. The Labute approximate surface area is 144 Å². The molecule has 0 aliphatic heterocycles. The van der Waals surface area contributed by atoms with Crippen LogP contribution < -0.4 is 10.3 Å². The lowest BCUT2D eigenvalue weighted by atomic mass is 9.97. The molecule has 7 nitrogen and oxygen atoms in total. The van der Waals surface area contributed by atoms with E-state index in [9.17, 15) is 15.2 Å². The number of rotatable bonds is 4. The maximum Gasteiger partial charge on any atom is 0.278 e. The van der Waals surface area contributed by atoms with Crippen LogP contribution in [0.4, 0.5) is 0 Å². The predicted molar refractivity (Wildman–Crippen MR) is 92.5 cm³/mol. The normalized spacial score (nSPS) is 11.0. The van der Waals surface area contributed by atoms with E-state index in [0.29, 0.717) is 33.8 Å². The smallest absolute Gasteiger partial charge is 0.278 e. The molecule has 3 aromatic rings. The van der Waals surface area contributed by atoms with Crippen LogP contribution in [0.5, 0.6) is 5.75 Å². The van der Waals surface area contributed by atoms with Crippen LogP contribution in [0.3, 0.4) is 0 Å². The Morgan fingerprint density at radius 1 is 1.44 bits per heavy atom. The third-order valence-corrected chi connectivity index (χ3v) is 4.14. The van der Waals surface area contributed by atoms with E-state index in [2.05, 4.69) is 10.1 Å². The number of aliphatic hydroxyl groups is 1. The van der Waals surface area contributed by atoms with Crippen LogP contribution in [0.15, 0.2) is 29.2 Å². The number of aromatic nitrogens is 3. The van der Waals surface area contributed by atoms with Crippen molar-refractivity contribution in [2.75, 3.05) is 7.11 Å². The van der Waals surface area contributed by atoms with Gasteiger partial charge in [-0.3, -0.25) is 4.79 Å². The van der Waals surface area contributed by atoms with Crippen molar-refractivity contribution in [3.63, 3.8) is 0 Å². The quantitative estimate of drug-likeness (QED) is 0.759. The van der Waals surface area contributed by atoms with Crippen molar-refractivity contribution < 1.29 is 9.84 Å². The number of ether oxygens (including phenoxy) is 1. The molecule has 0 radical (unpaired) electrons. The third kappa shape index (κ3) is 2.66. The number of fused-ring (bicyclic) bond motifs is 1. The zero-order valence-electron chi connectivity index (χ0n) is 14.2. The summed E-state index contributed by atoms with van der Waals surface area (Å²) in [7, 11) is 1.53. The fourth-order valence-corrected chi connectivity index (χ4v) is 2.93. The third-order valence-electron chi connectivity index (χ3n) is 4.14. The second-order valence-electron chi connectivity index (χ2n) is 5.99. The van der Waals surface area contributed by atoms with Gasteiger partial charge in [0.05, 0.1) is 25.6 Å². The van der Waals surface area contributed by atoms with Crippen LogP contribution in [0.1, 0.15) is 36.5 Å². The molecule has 0 aliphatic rings. The molecule has 0 saturated carbocycles. The van der Waals surface area contributed by atoms with E-state index in [-0.39, 0.29) is 18.1 Å². The largest absolute Gasteiger partial charge is 0.496 e. The molecule has 0 fully saturated rings. The summed E-state index contributed by atoms with van der Waals surface area (Å²) in [6, 6.07) is 7.36. The Bertz CT molecular complexity index is 1040. The summed E-state index contributed by atoms with van der Waals surface area (Å²) in [6.45, 7) is 3.66. The number of H-pyrrole nitrogens is 1. The molecule has 0 bridgehead atoms. The molecule has 0 saturated heterocycles. The Hall–Kier alpha value is -3.11. The number of methoxy groups -OCH3 is 1. The number of benzene rings is 1. The molecule has 2 N–H and O–H groups in total. The summed E-state index contributed by atoms with van der Waals surface area (Å²) >= 11 is 0. The highest BCUT2D eigenvalue weighted by Crippen LogP contribution is 2.30. The van der Waals surface area contributed by atoms with Crippen LogP contribution >= 0.6 is 0 Å². The van der Waals surface area contributed by atoms with Crippen molar-refractivity contribution in [2.45, 2.75) is 26.4 Å². The van der Waals surface area contributed by atoms with Crippen molar-refractivity contribution in [1.29, 1.82) is 5.26 Å². The molecule has 3 rings (SSSR count). The van der Waals surface area contributed by atoms with E-state index in [4.69, 9.17) is 4.74 Å². The summed E-state index contributed by atoms with van der Waals surface area (Å²) in [5.74, 6) is 0.514. The first-order valence-corrected chi connectivity index (χ1v) is 7.84. The lowest BCUT2D eigenvalue weighted by Gasteiger charge is -2.15. The molecule has 0 spiro atoms. The molecular formula is C18H18N4O3. The predicted octanol–water partition coefficient (Wildman–Crippen LogP) is 2.19. The molecule has 0 amide bonds. The first-order chi connectivity index (χ1) is 12.0. The summed E-state index contributed by atoms with van der Waals surface area (Å²) in [6.07, 6.45) is 1.37. The number of hydrogen-bond acceptors (Lipinski definition) is 5. The SMILES string of the molecule is COc1ccc(-c2[nH]c3c(C#N)cnn3c(=O)c2C(C)C)cc1CO. The van der Waals surface area contributed by atoms with Crippen molar-refractivity contribution in [2.24, 2.45) is 0 Å². The summed E-state index contributed by atoms with van der Waals surface area (Å²) in [5.41, 5.74) is 2.91. The zero-order valence-corrected chi connectivity index (χ0v) is 14.2. The Kier molecular flexibility index (Phi) is 4.30. The first kappa shape index (κ1) is 16.7. The van der Waals surface area contributed by atoms with Crippen molar-refractivity contribution in [1.82, 2.24) is 14.6 Å². The molecule has 0 unspecified atom stereocenters. The van der Waals surface area contributed by atoms with E-state index in [1.54, 1.807) is 12.1 Å². The Balaban J connectivity index is 2.37. The highest BCUT2D eigenvalue weighted by Gasteiger charge is 2.19. The number of nitrogens with one attached hydrogen (secondary N) is 1. The van der Waals surface area contributed by atoms with Gasteiger partial charge in [0.25, 0.3) is 5.56 Å². The van der Waals surface area contributed by atoms with Gasteiger partial charge in [-0.2, -0.15) is 14.9 Å². The van der Waals surface area contributed by atoms with Gasteiger partial charge >= 0.3 is 0 Å². The maximum absolute atomic E-state index is 12.9. The van der Waals surface area contributed by atoms with Crippen LogP contribution in [0.25, 0.3) is 16.9 Å². The number of aliphatic hydroxyl groups excluding tert-OH is 1. The molecule has 25 heavy (non-hydrogen) atoms. The number of aromatic amines is 1. The Morgan fingerprint density at radius 3 is 2.80 bits per heavy atom. The zero-order chi connectivity index (χ0) is 18.1. The summed E-state index contributed by atoms with van der Waals surface area (Å²) in [5, 5.41) is 22.8. The average molecular weight is 338 g/mol. The average Bonchev–Trinajstić information content (AvgIpc) is 3.03. The van der Waals surface area contributed by atoms with Crippen LogP contribution in [-0.4, -0.2) is 26.8 Å². The molecule has 2 heterocycles. The molecule has 128 valence electrons. The fourth-order valence-electron chi connectivity index (χ4n) is 2.93. The topological polar surface area (TPSA) is 103 Å². The number of nitriles is 1. The second-order valence-corrected chi connectivity index (χ2v) is 5.99. The van der Waals surface area contributed by atoms with Crippen molar-refractivity contribution >= 4 is 5.65 Å². The van der Waals surface area contributed by atoms with Gasteiger partial charge in [-0.1, -0.05) is 13.8 Å².